The fraction of sp³-hybridized carbons (Fsp3) is 0.0476. The number of ether oxygens (including phenoxy) is 1. The van der Waals surface area contributed by atoms with Crippen LogP contribution in [0, 0.1) is 0 Å². The van der Waals surface area contributed by atoms with Gasteiger partial charge in [0.25, 0.3) is 0 Å². The van der Waals surface area contributed by atoms with Crippen LogP contribution in [0.4, 0.5) is 5.69 Å². The Morgan fingerprint density at radius 1 is 0.708 bits per heavy atom. The summed E-state index contributed by atoms with van der Waals surface area (Å²) in [4.78, 5) is 0. The zero-order valence-corrected chi connectivity index (χ0v) is 13.2. The number of nitrogens with zero attached hydrogens (tertiary/aromatic N) is 1. The van der Waals surface area contributed by atoms with Crippen molar-refractivity contribution in [2.75, 3.05) is 5.43 Å². The molecular formula is C21H18N2O. The standard InChI is InChI=1S/C21H18N2O/c1-2-8-17(9-3-1)16-24-21-13-12-20(22-23-14-6-7-15-23)18-10-4-5-11-19(18)21/h1-15,22H,16H2. The maximum atomic E-state index is 6.06. The average Bonchev–Trinajstić information content (AvgIpc) is 3.15. The van der Waals surface area contributed by atoms with Crippen LogP contribution < -0.4 is 10.2 Å². The summed E-state index contributed by atoms with van der Waals surface area (Å²) in [6, 6.07) is 26.6. The minimum Gasteiger partial charge on any atom is -0.488 e. The van der Waals surface area contributed by atoms with E-state index in [2.05, 4.69) is 35.8 Å². The van der Waals surface area contributed by atoms with Gasteiger partial charge in [-0.2, -0.15) is 0 Å². The topological polar surface area (TPSA) is 26.2 Å². The van der Waals surface area contributed by atoms with Crippen molar-refractivity contribution in [1.82, 2.24) is 4.68 Å². The van der Waals surface area contributed by atoms with E-state index in [0.29, 0.717) is 6.61 Å². The fourth-order valence-corrected chi connectivity index (χ4v) is 2.78. The van der Waals surface area contributed by atoms with Crippen LogP contribution in [0.2, 0.25) is 0 Å². The van der Waals surface area contributed by atoms with E-state index in [1.165, 1.54) is 0 Å². The van der Waals surface area contributed by atoms with Crippen LogP contribution in [0.5, 0.6) is 5.75 Å². The van der Waals surface area contributed by atoms with Crippen molar-refractivity contribution < 1.29 is 4.74 Å². The highest BCUT2D eigenvalue weighted by Crippen LogP contribution is 2.32. The van der Waals surface area contributed by atoms with Gasteiger partial charge in [-0.3, -0.25) is 10.1 Å². The number of nitrogens with one attached hydrogen (secondary N) is 1. The molecule has 0 unspecified atom stereocenters. The third kappa shape index (κ3) is 2.97. The van der Waals surface area contributed by atoms with E-state index in [0.717, 1.165) is 27.8 Å². The first-order chi connectivity index (χ1) is 11.9. The average molecular weight is 314 g/mol. The molecule has 0 fully saturated rings. The van der Waals surface area contributed by atoms with Gasteiger partial charge >= 0.3 is 0 Å². The van der Waals surface area contributed by atoms with Gasteiger partial charge in [-0.25, -0.2) is 0 Å². The van der Waals surface area contributed by atoms with Crippen molar-refractivity contribution in [2.45, 2.75) is 6.61 Å². The second-order valence-electron chi connectivity index (χ2n) is 5.63. The lowest BCUT2D eigenvalue weighted by Crippen LogP contribution is -2.06. The number of aromatic nitrogens is 1. The third-order valence-electron chi connectivity index (χ3n) is 3.98. The summed E-state index contributed by atoms with van der Waals surface area (Å²) in [6.07, 6.45) is 3.96. The van der Waals surface area contributed by atoms with Gasteiger partial charge in [0.05, 0.1) is 5.69 Å². The van der Waals surface area contributed by atoms with Gasteiger partial charge in [0, 0.05) is 23.2 Å². The molecule has 0 amide bonds. The Balaban J connectivity index is 1.65. The summed E-state index contributed by atoms with van der Waals surface area (Å²) >= 11 is 0. The Kier molecular flexibility index (Phi) is 3.90. The quantitative estimate of drug-likeness (QED) is 0.555. The maximum Gasteiger partial charge on any atom is 0.127 e. The summed E-state index contributed by atoms with van der Waals surface area (Å²) < 4.78 is 8.00. The van der Waals surface area contributed by atoms with Gasteiger partial charge < -0.3 is 4.74 Å². The smallest absolute Gasteiger partial charge is 0.127 e. The number of hydrogen-bond acceptors (Lipinski definition) is 2. The number of fused-ring (bicyclic) bond motifs is 1. The van der Waals surface area contributed by atoms with Gasteiger partial charge in [-0.15, -0.1) is 0 Å². The largest absolute Gasteiger partial charge is 0.488 e. The minimum atomic E-state index is 0.565. The van der Waals surface area contributed by atoms with E-state index in [1.54, 1.807) is 0 Å². The van der Waals surface area contributed by atoms with Crippen LogP contribution >= 0.6 is 0 Å². The number of anilines is 1. The zero-order chi connectivity index (χ0) is 16.2. The first-order valence-corrected chi connectivity index (χ1v) is 7.99. The molecule has 1 heterocycles. The number of rotatable bonds is 5. The Bertz CT molecular complexity index is 931. The molecule has 4 aromatic rings. The van der Waals surface area contributed by atoms with Crippen LogP contribution in [0.15, 0.2) is 91.3 Å². The van der Waals surface area contributed by atoms with Crippen molar-refractivity contribution in [1.29, 1.82) is 0 Å². The molecule has 0 aliphatic rings. The summed E-state index contributed by atoms with van der Waals surface area (Å²) in [7, 11) is 0. The Morgan fingerprint density at radius 2 is 1.42 bits per heavy atom. The Morgan fingerprint density at radius 3 is 2.21 bits per heavy atom. The van der Waals surface area contributed by atoms with Gasteiger partial charge in [0.1, 0.15) is 12.4 Å². The molecule has 0 saturated carbocycles. The van der Waals surface area contributed by atoms with E-state index in [9.17, 15) is 0 Å². The van der Waals surface area contributed by atoms with Crippen LogP contribution in [-0.2, 0) is 6.61 Å². The highest BCUT2D eigenvalue weighted by Gasteiger charge is 2.07. The van der Waals surface area contributed by atoms with E-state index in [1.807, 2.05) is 65.6 Å². The molecule has 118 valence electrons. The van der Waals surface area contributed by atoms with Crippen molar-refractivity contribution in [2.24, 2.45) is 0 Å². The van der Waals surface area contributed by atoms with Crippen LogP contribution in [0.1, 0.15) is 5.56 Å². The SMILES string of the molecule is c1ccc(COc2ccc(Nn3cccc3)c3ccccc23)cc1. The highest BCUT2D eigenvalue weighted by atomic mass is 16.5. The lowest BCUT2D eigenvalue weighted by Gasteiger charge is -2.14. The molecule has 1 N–H and O–H groups in total. The number of benzene rings is 3. The molecule has 3 nitrogen and oxygen atoms in total. The molecule has 3 heteroatoms. The van der Waals surface area contributed by atoms with Gasteiger partial charge in [-0.1, -0.05) is 54.6 Å². The van der Waals surface area contributed by atoms with Crippen molar-refractivity contribution in [3.8, 4) is 5.75 Å². The van der Waals surface area contributed by atoms with E-state index < -0.39 is 0 Å². The molecule has 0 spiro atoms. The van der Waals surface area contributed by atoms with Crippen molar-refractivity contribution in [3.05, 3.63) is 96.8 Å². The monoisotopic (exact) mass is 314 g/mol. The molecule has 0 aliphatic carbocycles. The molecule has 0 bridgehead atoms. The lowest BCUT2D eigenvalue weighted by atomic mass is 10.1. The molecule has 24 heavy (non-hydrogen) atoms. The van der Waals surface area contributed by atoms with Gasteiger partial charge in [0.2, 0.25) is 0 Å². The zero-order valence-electron chi connectivity index (χ0n) is 13.2. The molecule has 0 saturated heterocycles. The van der Waals surface area contributed by atoms with E-state index in [-0.39, 0.29) is 0 Å². The molecule has 1 aromatic heterocycles. The number of hydrogen-bond donors (Lipinski definition) is 1. The van der Waals surface area contributed by atoms with Crippen LogP contribution in [0.25, 0.3) is 10.8 Å². The summed E-state index contributed by atoms with van der Waals surface area (Å²) in [6.45, 7) is 0.565. The molecule has 4 rings (SSSR count). The van der Waals surface area contributed by atoms with E-state index >= 15 is 0 Å². The van der Waals surface area contributed by atoms with Crippen LogP contribution in [0.3, 0.4) is 0 Å². The first-order valence-electron chi connectivity index (χ1n) is 7.99. The molecule has 3 aromatic carbocycles. The predicted molar refractivity (Wildman–Crippen MR) is 98.2 cm³/mol. The molecular weight excluding hydrogens is 296 g/mol. The second-order valence-corrected chi connectivity index (χ2v) is 5.63. The van der Waals surface area contributed by atoms with Crippen LogP contribution in [-0.4, -0.2) is 4.68 Å². The summed E-state index contributed by atoms with van der Waals surface area (Å²) in [5, 5.41) is 2.24. The maximum absolute atomic E-state index is 6.06. The first kappa shape index (κ1) is 14.4. The fourth-order valence-electron chi connectivity index (χ4n) is 2.78. The minimum absolute atomic E-state index is 0.565. The summed E-state index contributed by atoms with van der Waals surface area (Å²) in [5.74, 6) is 0.896. The summed E-state index contributed by atoms with van der Waals surface area (Å²) in [5.41, 5.74) is 5.60. The Labute approximate surface area is 141 Å². The third-order valence-corrected chi connectivity index (χ3v) is 3.98. The van der Waals surface area contributed by atoms with Gasteiger partial charge in [0.15, 0.2) is 0 Å². The lowest BCUT2D eigenvalue weighted by molar-refractivity contribution is 0.310. The molecule has 0 aliphatic heterocycles. The second kappa shape index (κ2) is 6.50. The molecule has 0 atom stereocenters. The Hall–Kier alpha value is -3.20. The van der Waals surface area contributed by atoms with Crippen molar-refractivity contribution in [3.63, 3.8) is 0 Å². The normalized spacial score (nSPS) is 10.7. The predicted octanol–water partition coefficient (Wildman–Crippen LogP) is 5.10. The van der Waals surface area contributed by atoms with E-state index in [4.69, 9.17) is 4.74 Å². The molecule has 0 radical (unpaired) electrons. The van der Waals surface area contributed by atoms with Gasteiger partial charge in [-0.05, 0) is 29.8 Å². The highest BCUT2D eigenvalue weighted by molar-refractivity contribution is 5.97. The van der Waals surface area contributed by atoms with Crippen molar-refractivity contribution >= 4 is 16.5 Å².